The van der Waals surface area contributed by atoms with Crippen LogP contribution in [0.4, 0.5) is 0 Å². The Balaban J connectivity index is 1.28. The first-order valence-corrected chi connectivity index (χ1v) is 9.73. The van der Waals surface area contributed by atoms with Crippen molar-refractivity contribution in [3.8, 4) is 11.5 Å². The molecular weight excluding hydrogens is 300 g/mol. The molecule has 2 aliphatic heterocycles. The number of ether oxygens (including phenoxy) is 2. The zero-order valence-electron chi connectivity index (χ0n) is 14.4. The van der Waals surface area contributed by atoms with Gasteiger partial charge in [0.2, 0.25) is 0 Å². The summed E-state index contributed by atoms with van der Waals surface area (Å²) in [4.78, 5) is 2.79. The quantitative estimate of drug-likeness (QED) is 0.921. The van der Waals surface area contributed by atoms with Crippen LogP contribution in [0.3, 0.4) is 0 Å². The number of hydrogen-bond donors (Lipinski definition) is 1. The minimum absolute atomic E-state index is 0.660. The first kappa shape index (κ1) is 15.0. The second kappa shape index (κ2) is 6.23. The predicted octanol–water partition coefficient (Wildman–Crippen LogP) is 2.81. The van der Waals surface area contributed by atoms with Crippen LogP contribution >= 0.6 is 0 Å². The molecule has 2 bridgehead atoms. The molecule has 5 rings (SSSR count). The van der Waals surface area contributed by atoms with Crippen molar-refractivity contribution in [2.75, 3.05) is 26.3 Å². The number of nitrogens with zero attached hydrogens (tertiary/aromatic N) is 1. The number of hydrogen-bond acceptors (Lipinski definition) is 4. The Morgan fingerprint density at radius 1 is 1.00 bits per heavy atom. The van der Waals surface area contributed by atoms with Gasteiger partial charge in [0.05, 0.1) is 0 Å². The molecule has 4 heteroatoms. The van der Waals surface area contributed by atoms with E-state index < -0.39 is 0 Å². The van der Waals surface area contributed by atoms with Crippen molar-refractivity contribution in [1.29, 1.82) is 0 Å². The molecule has 2 unspecified atom stereocenters. The van der Waals surface area contributed by atoms with Crippen LogP contribution in [0, 0.1) is 11.8 Å². The summed E-state index contributed by atoms with van der Waals surface area (Å²) >= 11 is 0. The highest BCUT2D eigenvalue weighted by Crippen LogP contribution is 2.40. The highest BCUT2D eigenvalue weighted by Gasteiger charge is 2.43. The van der Waals surface area contributed by atoms with Crippen molar-refractivity contribution in [3.05, 3.63) is 23.8 Å². The van der Waals surface area contributed by atoms with E-state index in [-0.39, 0.29) is 0 Å². The lowest BCUT2D eigenvalue weighted by Gasteiger charge is -2.48. The lowest BCUT2D eigenvalue weighted by molar-refractivity contribution is 0.0411. The van der Waals surface area contributed by atoms with Gasteiger partial charge in [0.1, 0.15) is 13.2 Å². The van der Waals surface area contributed by atoms with E-state index in [1.807, 2.05) is 6.07 Å². The van der Waals surface area contributed by atoms with Gasteiger partial charge in [-0.2, -0.15) is 0 Å². The Bertz CT molecular complexity index is 587. The summed E-state index contributed by atoms with van der Waals surface area (Å²) < 4.78 is 11.6. The van der Waals surface area contributed by atoms with Crippen LogP contribution in [0.15, 0.2) is 18.2 Å². The standard InChI is InChI=1S/C20H28N2O2/c1-4-15-12-22(17-7-8-17)13-16(5-1)19(15)21-11-14-3-2-6-18-20(14)24-10-9-23-18/h2-3,6,15-17,19,21H,1,4-5,7-13H2. The Labute approximate surface area is 144 Å². The van der Waals surface area contributed by atoms with Gasteiger partial charge in [-0.25, -0.2) is 0 Å². The average molecular weight is 328 g/mol. The lowest BCUT2D eigenvalue weighted by Crippen LogP contribution is -2.57. The summed E-state index contributed by atoms with van der Waals surface area (Å²) in [5.41, 5.74) is 1.25. The van der Waals surface area contributed by atoms with E-state index in [2.05, 4.69) is 22.3 Å². The van der Waals surface area contributed by atoms with Crippen LogP contribution in [0.1, 0.15) is 37.7 Å². The molecule has 0 spiro atoms. The Kier molecular flexibility index (Phi) is 3.90. The number of likely N-dealkylation sites (tertiary alicyclic amines) is 1. The number of para-hydroxylation sites is 1. The lowest BCUT2D eigenvalue weighted by atomic mass is 9.73. The maximum Gasteiger partial charge on any atom is 0.165 e. The van der Waals surface area contributed by atoms with Gasteiger partial charge in [0.25, 0.3) is 0 Å². The van der Waals surface area contributed by atoms with Crippen molar-refractivity contribution in [2.24, 2.45) is 11.8 Å². The minimum Gasteiger partial charge on any atom is -0.486 e. The van der Waals surface area contributed by atoms with Gasteiger partial charge in [0.15, 0.2) is 11.5 Å². The fourth-order valence-corrected chi connectivity index (χ4v) is 5.05. The molecular formula is C20H28N2O2. The normalized spacial score (nSPS) is 32.6. The molecule has 1 aromatic carbocycles. The third-order valence-electron chi connectivity index (χ3n) is 6.34. The van der Waals surface area contributed by atoms with Crippen LogP contribution < -0.4 is 14.8 Å². The summed E-state index contributed by atoms with van der Waals surface area (Å²) in [7, 11) is 0. The number of nitrogens with one attached hydrogen (secondary N) is 1. The third-order valence-corrected chi connectivity index (χ3v) is 6.34. The fourth-order valence-electron chi connectivity index (χ4n) is 5.05. The first-order chi connectivity index (χ1) is 11.9. The maximum absolute atomic E-state index is 5.87. The molecule has 2 atom stereocenters. The van der Waals surface area contributed by atoms with E-state index in [9.17, 15) is 0 Å². The van der Waals surface area contributed by atoms with Crippen molar-refractivity contribution >= 4 is 0 Å². The smallest absolute Gasteiger partial charge is 0.165 e. The summed E-state index contributed by atoms with van der Waals surface area (Å²) in [5.74, 6) is 3.52. The van der Waals surface area contributed by atoms with Gasteiger partial charge in [-0.3, -0.25) is 4.90 Å². The Morgan fingerprint density at radius 2 is 1.79 bits per heavy atom. The third kappa shape index (κ3) is 2.80. The number of piperidine rings is 1. The number of benzene rings is 1. The molecule has 0 aromatic heterocycles. The van der Waals surface area contributed by atoms with Crippen LogP contribution in [0.25, 0.3) is 0 Å². The van der Waals surface area contributed by atoms with Gasteiger partial charge in [-0.05, 0) is 43.6 Å². The van der Waals surface area contributed by atoms with Crippen LogP contribution in [-0.2, 0) is 6.54 Å². The zero-order valence-corrected chi connectivity index (χ0v) is 14.4. The van der Waals surface area contributed by atoms with Crippen molar-refractivity contribution in [1.82, 2.24) is 10.2 Å². The van der Waals surface area contributed by atoms with E-state index in [4.69, 9.17) is 9.47 Å². The zero-order chi connectivity index (χ0) is 15.9. The summed E-state index contributed by atoms with van der Waals surface area (Å²) in [6.07, 6.45) is 7.08. The van der Waals surface area contributed by atoms with E-state index in [1.54, 1.807) is 0 Å². The highest BCUT2D eigenvalue weighted by molar-refractivity contribution is 5.47. The average Bonchev–Trinajstić information content (AvgIpc) is 3.44. The van der Waals surface area contributed by atoms with Crippen molar-refractivity contribution < 1.29 is 9.47 Å². The molecule has 1 N–H and O–H groups in total. The molecule has 24 heavy (non-hydrogen) atoms. The monoisotopic (exact) mass is 328 g/mol. The minimum atomic E-state index is 0.660. The van der Waals surface area contributed by atoms with Gasteiger partial charge < -0.3 is 14.8 Å². The molecule has 3 fully saturated rings. The molecule has 0 amide bonds. The van der Waals surface area contributed by atoms with Crippen LogP contribution in [0.2, 0.25) is 0 Å². The van der Waals surface area contributed by atoms with Gasteiger partial charge in [-0.15, -0.1) is 0 Å². The molecule has 2 heterocycles. The van der Waals surface area contributed by atoms with E-state index in [0.717, 1.165) is 35.9 Å². The maximum atomic E-state index is 5.87. The Hall–Kier alpha value is -1.26. The van der Waals surface area contributed by atoms with Crippen LogP contribution in [-0.4, -0.2) is 43.3 Å². The van der Waals surface area contributed by atoms with E-state index >= 15 is 0 Å². The van der Waals surface area contributed by atoms with Crippen molar-refractivity contribution in [3.63, 3.8) is 0 Å². The number of fused-ring (bicyclic) bond motifs is 3. The van der Waals surface area contributed by atoms with Gasteiger partial charge in [0, 0.05) is 37.3 Å². The second-order valence-corrected chi connectivity index (χ2v) is 7.98. The van der Waals surface area contributed by atoms with E-state index in [1.165, 1.54) is 50.8 Å². The Morgan fingerprint density at radius 3 is 2.58 bits per heavy atom. The van der Waals surface area contributed by atoms with Crippen LogP contribution in [0.5, 0.6) is 11.5 Å². The highest BCUT2D eigenvalue weighted by atomic mass is 16.6. The fraction of sp³-hybridized carbons (Fsp3) is 0.700. The van der Waals surface area contributed by atoms with Gasteiger partial charge in [-0.1, -0.05) is 18.6 Å². The topological polar surface area (TPSA) is 33.7 Å². The largest absolute Gasteiger partial charge is 0.486 e. The van der Waals surface area contributed by atoms with Gasteiger partial charge >= 0.3 is 0 Å². The summed E-state index contributed by atoms with van der Waals surface area (Å²) in [5, 5.41) is 3.91. The molecule has 1 saturated heterocycles. The number of rotatable bonds is 4. The molecule has 4 aliphatic rings. The van der Waals surface area contributed by atoms with E-state index in [0.29, 0.717) is 19.3 Å². The molecule has 130 valence electrons. The first-order valence-electron chi connectivity index (χ1n) is 9.73. The molecule has 2 aliphatic carbocycles. The second-order valence-electron chi connectivity index (χ2n) is 7.98. The summed E-state index contributed by atoms with van der Waals surface area (Å²) in [6.45, 7) is 4.84. The predicted molar refractivity (Wildman–Crippen MR) is 93.5 cm³/mol. The SMILES string of the molecule is c1cc(CNC2C3CCCC2CN(C2CC2)C3)c2c(c1)OCCO2. The molecule has 4 nitrogen and oxygen atoms in total. The van der Waals surface area contributed by atoms with Crippen molar-refractivity contribution in [2.45, 2.75) is 50.7 Å². The molecule has 1 aromatic rings. The molecule has 0 radical (unpaired) electrons. The summed E-state index contributed by atoms with van der Waals surface area (Å²) in [6, 6.07) is 7.87. The molecule has 2 saturated carbocycles.